The third-order valence-corrected chi connectivity index (χ3v) is 2.80. The lowest BCUT2D eigenvalue weighted by atomic mass is 10.2. The van der Waals surface area contributed by atoms with E-state index in [2.05, 4.69) is 9.97 Å². The van der Waals surface area contributed by atoms with Crippen molar-refractivity contribution in [1.82, 2.24) is 9.97 Å². The molecule has 4 heteroatoms. The number of nitrogens with zero attached hydrogens (tertiary/aromatic N) is 2. The number of para-hydroxylation sites is 2. The molecule has 4 nitrogen and oxygen atoms in total. The molecule has 0 radical (unpaired) electrons. The number of benzene rings is 2. The first-order valence-electron chi connectivity index (χ1n) is 5.99. The Labute approximate surface area is 110 Å². The number of hydrogen-bond acceptors (Lipinski definition) is 4. The summed E-state index contributed by atoms with van der Waals surface area (Å²) in [6, 6.07) is 15.3. The highest BCUT2D eigenvalue weighted by Gasteiger charge is 2.07. The monoisotopic (exact) mass is 251 g/mol. The van der Waals surface area contributed by atoms with Gasteiger partial charge in [0.05, 0.1) is 11.0 Å². The molecule has 2 aromatic carbocycles. The number of ether oxygens (including phenoxy) is 1. The van der Waals surface area contributed by atoms with Crippen molar-refractivity contribution in [2.24, 2.45) is 0 Å². The third-order valence-electron chi connectivity index (χ3n) is 2.80. The van der Waals surface area contributed by atoms with Gasteiger partial charge in [0.1, 0.15) is 5.75 Å². The number of aromatic nitrogens is 2. The molecule has 0 saturated carbocycles. The number of nitrogens with two attached hydrogens (primary N) is 1. The highest BCUT2D eigenvalue weighted by atomic mass is 16.5. The molecule has 1 heterocycles. The van der Waals surface area contributed by atoms with Crippen molar-refractivity contribution < 1.29 is 4.74 Å². The van der Waals surface area contributed by atoms with E-state index in [1.807, 2.05) is 55.5 Å². The van der Waals surface area contributed by atoms with Crippen molar-refractivity contribution in [3.63, 3.8) is 0 Å². The molecule has 0 fully saturated rings. The minimum Gasteiger partial charge on any atom is -0.436 e. The molecule has 94 valence electrons. The van der Waals surface area contributed by atoms with Gasteiger partial charge in [-0.05, 0) is 31.2 Å². The van der Waals surface area contributed by atoms with Crippen LogP contribution in [0, 0.1) is 6.92 Å². The molecule has 0 aliphatic heterocycles. The van der Waals surface area contributed by atoms with Crippen LogP contribution in [-0.2, 0) is 0 Å². The smallest absolute Gasteiger partial charge is 0.263 e. The Kier molecular flexibility index (Phi) is 2.76. The maximum atomic E-state index is 5.87. The summed E-state index contributed by atoms with van der Waals surface area (Å²) >= 11 is 0. The Morgan fingerprint density at radius 2 is 1.53 bits per heavy atom. The van der Waals surface area contributed by atoms with Crippen LogP contribution in [0.4, 0.5) is 5.82 Å². The number of anilines is 1. The zero-order valence-electron chi connectivity index (χ0n) is 10.5. The quantitative estimate of drug-likeness (QED) is 0.759. The molecule has 0 unspecified atom stereocenters. The molecule has 0 aliphatic rings. The van der Waals surface area contributed by atoms with Crippen molar-refractivity contribution in [2.45, 2.75) is 6.92 Å². The molecular formula is C15H13N3O. The number of rotatable bonds is 2. The van der Waals surface area contributed by atoms with Gasteiger partial charge < -0.3 is 10.5 Å². The van der Waals surface area contributed by atoms with Crippen LogP contribution < -0.4 is 10.5 Å². The van der Waals surface area contributed by atoms with E-state index in [4.69, 9.17) is 10.5 Å². The van der Waals surface area contributed by atoms with Gasteiger partial charge in [0.15, 0.2) is 5.82 Å². The fourth-order valence-electron chi connectivity index (χ4n) is 1.79. The zero-order valence-corrected chi connectivity index (χ0v) is 10.5. The van der Waals surface area contributed by atoms with Crippen LogP contribution >= 0.6 is 0 Å². The summed E-state index contributed by atoms with van der Waals surface area (Å²) in [4.78, 5) is 8.66. The number of nitrogen functional groups attached to an aromatic ring is 1. The molecule has 0 saturated heterocycles. The largest absolute Gasteiger partial charge is 0.436 e. The summed E-state index contributed by atoms with van der Waals surface area (Å²) < 4.78 is 5.67. The average Bonchev–Trinajstić information content (AvgIpc) is 2.42. The van der Waals surface area contributed by atoms with Crippen LogP contribution in [0.3, 0.4) is 0 Å². The SMILES string of the molecule is Cc1ccc(Oc2nc3ccccc3nc2N)cc1. The van der Waals surface area contributed by atoms with Crippen LogP contribution in [0.15, 0.2) is 48.5 Å². The number of hydrogen-bond donors (Lipinski definition) is 1. The predicted octanol–water partition coefficient (Wildman–Crippen LogP) is 3.31. The molecule has 0 aliphatic carbocycles. The van der Waals surface area contributed by atoms with Crippen LogP contribution in [0.5, 0.6) is 11.6 Å². The second-order valence-electron chi connectivity index (χ2n) is 4.32. The van der Waals surface area contributed by atoms with Crippen LogP contribution in [0.25, 0.3) is 11.0 Å². The van der Waals surface area contributed by atoms with Crippen LogP contribution in [-0.4, -0.2) is 9.97 Å². The van der Waals surface area contributed by atoms with Crippen molar-refractivity contribution >= 4 is 16.9 Å². The van der Waals surface area contributed by atoms with Gasteiger partial charge in [-0.15, -0.1) is 0 Å². The average molecular weight is 251 g/mol. The summed E-state index contributed by atoms with van der Waals surface area (Å²) in [5.74, 6) is 1.32. The first-order valence-corrected chi connectivity index (χ1v) is 5.99. The van der Waals surface area contributed by atoms with Crippen LogP contribution in [0.1, 0.15) is 5.56 Å². The molecule has 0 spiro atoms. The minimum absolute atomic E-state index is 0.291. The van der Waals surface area contributed by atoms with E-state index in [0.717, 1.165) is 11.0 Å². The van der Waals surface area contributed by atoms with Gasteiger partial charge in [-0.25, -0.2) is 9.97 Å². The van der Waals surface area contributed by atoms with Crippen LogP contribution in [0.2, 0.25) is 0 Å². The van der Waals surface area contributed by atoms with Gasteiger partial charge >= 0.3 is 0 Å². The molecule has 0 bridgehead atoms. The van der Waals surface area contributed by atoms with Crippen molar-refractivity contribution in [2.75, 3.05) is 5.73 Å². The lowest BCUT2D eigenvalue weighted by molar-refractivity contribution is 0.465. The van der Waals surface area contributed by atoms with E-state index >= 15 is 0 Å². The first-order chi connectivity index (χ1) is 9.22. The molecule has 3 aromatic rings. The topological polar surface area (TPSA) is 61.0 Å². The maximum absolute atomic E-state index is 5.87. The Morgan fingerprint density at radius 3 is 2.21 bits per heavy atom. The van der Waals surface area contributed by atoms with Gasteiger partial charge in [0, 0.05) is 0 Å². The summed E-state index contributed by atoms with van der Waals surface area (Å²) in [6.07, 6.45) is 0. The Balaban J connectivity index is 2.00. The van der Waals surface area contributed by atoms with Gasteiger partial charge in [-0.2, -0.15) is 0 Å². The molecule has 2 N–H and O–H groups in total. The molecule has 3 rings (SSSR count). The van der Waals surface area contributed by atoms with Gasteiger partial charge in [-0.3, -0.25) is 0 Å². The molecule has 0 amide bonds. The third kappa shape index (κ3) is 2.33. The highest BCUT2D eigenvalue weighted by molar-refractivity contribution is 5.76. The van der Waals surface area contributed by atoms with E-state index in [-0.39, 0.29) is 0 Å². The minimum atomic E-state index is 0.291. The Bertz CT molecular complexity index is 723. The second kappa shape index (κ2) is 4.57. The Morgan fingerprint density at radius 1 is 0.895 bits per heavy atom. The number of fused-ring (bicyclic) bond motifs is 1. The standard InChI is InChI=1S/C15H13N3O/c1-10-6-8-11(9-7-10)19-15-14(16)17-12-4-2-3-5-13(12)18-15/h2-9H,1H3,(H2,16,17). The van der Waals surface area contributed by atoms with E-state index in [9.17, 15) is 0 Å². The van der Waals surface area contributed by atoms with E-state index in [1.165, 1.54) is 5.56 Å². The van der Waals surface area contributed by atoms with Crippen molar-refractivity contribution in [3.05, 3.63) is 54.1 Å². The lowest BCUT2D eigenvalue weighted by Gasteiger charge is -2.08. The van der Waals surface area contributed by atoms with E-state index in [1.54, 1.807) is 0 Å². The first kappa shape index (κ1) is 11.5. The van der Waals surface area contributed by atoms with Gasteiger partial charge in [0.25, 0.3) is 5.88 Å². The van der Waals surface area contributed by atoms with E-state index < -0.39 is 0 Å². The summed E-state index contributed by atoms with van der Waals surface area (Å²) in [5.41, 5.74) is 8.56. The fourth-order valence-corrected chi connectivity index (χ4v) is 1.79. The maximum Gasteiger partial charge on any atom is 0.263 e. The Hall–Kier alpha value is -2.62. The lowest BCUT2D eigenvalue weighted by Crippen LogP contribution is -1.99. The van der Waals surface area contributed by atoms with Crippen molar-refractivity contribution in [1.29, 1.82) is 0 Å². The van der Waals surface area contributed by atoms with Crippen molar-refractivity contribution in [3.8, 4) is 11.6 Å². The second-order valence-corrected chi connectivity index (χ2v) is 4.32. The number of aryl methyl sites for hydroxylation is 1. The molecule has 1 aromatic heterocycles. The van der Waals surface area contributed by atoms with E-state index in [0.29, 0.717) is 17.4 Å². The normalized spacial score (nSPS) is 10.6. The highest BCUT2D eigenvalue weighted by Crippen LogP contribution is 2.26. The zero-order chi connectivity index (χ0) is 13.2. The summed E-state index contributed by atoms with van der Waals surface area (Å²) in [5, 5.41) is 0. The van der Waals surface area contributed by atoms with Gasteiger partial charge in [-0.1, -0.05) is 29.8 Å². The molecular weight excluding hydrogens is 238 g/mol. The summed E-state index contributed by atoms with van der Waals surface area (Å²) in [7, 11) is 0. The summed E-state index contributed by atoms with van der Waals surface area (Å²) in [6.45, 7) is 2.02. The molecule has 0 atom stereocenters. The fraction of sp³-hybridized carbons (Fsp3) is 0.0667. The molecule has 19 heavy (non-hydrogen) atoms. The predicted molar refractivity (Wildman–Crippen MR) is 75.2 cm³/mol. The van der Waals surface area contributed by atoms with Gasteiger partial charge in [0.2, 0.25) is 0 Å².